The summed E-state index contributed by atoms with van der Waals surface area (Å²) in [5, 5.41) is 0. The number of benzene rings is 1. The van der Waals surface area contributed by atoms with Crippen molar-refractivity contribution in [2.24, 2.45) is 5.92 Å². The van der Waals surface area contributed by atoms with Crippen LogP contribution in [0.25, 0.3) is 11.6 Å². The Morgan fingerprint density at radius 1 is 1.24 bits per heavy atom. The van der Waals surface area contributed by atoms with Crippen LogP contribution in [0.3, 0.4) is 0 Å². The van der Waals surface area contributed by atoms with Crippen molar-refractivity contribution in [3.8, 4) is 0 Å². The Bertz CT molecular complexity index is 550. The maximum absolute atomic E-state index is 4.24. The lowest BCUT2D eigenvalue weighted by Crippen LogP contribution is -1.86. The van der Waals surface area contributed by atoms with Crippen LogP contribution in [0.5, 0.6) is 0 Å². The summed E-state index contributed by atoms with van der Waals surface area (Å²) in [4.78, 5) is 0. The Labute approximate surface area is 129 Å². The second kappa shape index (κ2) is 7.83. The van der Waals surface area contributed by atoms with Gasteiger partial charge in [0.15, 0.2) is 0 Å². The zero-order valence-electron chi connectivity index (χ0n) is 13.3. The van der Waals surface area contributed by atoms with Crippen molar-refractivity contribution >= 4 is 11.6 Å². The molecule has 0 spiro atoms. The molecule has 1 aromatic carbocycles. The first-order chi connectivity index (χ1) is 10.1. The summed E-state index contributed by atoms with van der Waals surface area (Å²) in [6.07, 6.45) is 15.7. The minimum Gasteiger partial charge on any atom is -0.0952 e. The van der Waals surface area contributed by atoms with E-state index in [1.165, 1.54) is 29.5 Å². The van der Waals surface area contributed by atoms with Crippen molar-refractivity contribution in [1.82, 2.24) is 0 Å². The van der Waals surface area contributed by atoms with Gasteiger partial charge in [-0.15, -0.1) is 0 Å². The maximum atomic E-state index is 4.24. The molecule has 2 rings (SSSR count). The van der Waals surface area contributed by atoms with Crippen molar-refractivity contribution in [2.45, 2.75) is 39.5 Å². The third-order valence-electron chi connectivity index (χ3n) is 3.82. The summed E-state index contributed by atoms with van der Waals surface area (Å²) >= 11 is 0. The van der Waals surface area contributed by atoms with Crippen molar-refractivity contribution in [3.05, 3.63) is 71.8 Å². The van der Waals surface area contributed by atoms with E-state index in [2.05, 4.69) is 75.1 Å². The highest BCUT2D eigenvalue weighted by Gasteiger charge is 2.02. The molecule has 0 aromatic heterocycles. The molecule has 0 radical (unpaired) electrons. The Kier molecular flexibility index (Phi) is 5.80. The highest BCUT2D eigenvalue weighted by Crippen LogP contribution is 2.23. The molecule has 0 amide bonds. The summed E-state index contributed by atoms with van der Waals surface area (Å²) in [5.74, 6) is 0.596. The van der Waals surface area contributed by atoms with Gasteiger partial charge in [-0.05, 0) is 48.3 Å². The molecule has 0 atom stereocenters. The summed E-state index contributed by atoms with van der Waals surface area (Å²) in [6, 6.07) is 8.75. The molecule has 0 nitrogen and oxygen atoms in total. The third-order valence-corrected chi connectivity index (χ3v) is 3.82. The van der Waals surface area contributed by atoms with E-state index in [1.54, 1.807) is 5.57 Å². The van der Waals surface area contributed by atoms with Crippen LogP contribution < -0.4 is 0 Å². The number of hydrogen-bond donors (Lipinski definition) is 0. The van der Waals surface area contributed by atoms with Gasteiger partial charge in [0.05, 0.1) is 0 Å². The lowest BCUT2D eigenvalue weighted by molar-refractivity contribution is 0.831. The van der Waals surface area contributed by atoms with Gasteiger partial charge in [0, 0.05) is 0 Å². The molecule has 0 N–H and O–H groups in total. The molecule has 0 bridgehead atoms. The number of rotatable bonds is 7. The van der Waals surface area contributed by atoms with Crippen LogP contribution in [-0.2, 0) is 0 Å². The lowest BCUT2D eigenvalue weighted by Gasteiger charge is -2.07. The first-order valence-electron chi connectivity index (χ1n) is 7.96. The maximum Gasteiger partial charge on any atom is -0.0133 e. The molecule has 1 aliphatic rings. The van der Waals surface area contributed by atoms with E-state index in [1.807, 2.05) is 0 Å². The van der Waals surface area contributed by atoms with Crippen LogP contribution >= 0.6 is 0 Å². The fraction of sp³-hybridized carbons (Fsp3) is 0.333. The Balaban J connectivity index is 1.82. The lowest BCUT2D eigenvalue weighted by atomic mass is 9.98. The third kappa shape index (κ3) is 5.23. The minimum absolute atomic E-state index is 0.596. The summed E-state index contributed by atoms with van der Waals surface area (Å²) in [7, 11) is 0. The molecule has 0 saturated heterocycles. The van der Waals surface area contributed by atoms with Gasteiger partial charge in [-0.3, -0.25) is 0 Å². The summed E-state index contributed by atoms with van der Waals surface area (Å²) < 4.78 is 0. The van der Waals surface area contributed by atoms with Crippen LogP contribution in [-0.4, -0.2) is 0 Å². The minimum atomic E-state index is 0.596. The normalized spacial score (nSPS) is 14.1. The molecule has 0 heteroatoms. The number of hydrogen-bond acceptors (Lipinski definition) is 0. The largest absolute Gasteiger partial charge is 0.0952 e. The fourth-order valence-corrected chi connectivity index (χ4v) is 2.48. The average molecular weight is 278 g/mol. The van der Waals surface area contributed by atoms with E-state index in [9.17, 15) is 0 Å². The Morgan fingerprint density at radius 3 is 2.62 bits per heavy atom. The van der Waals surface area contributed by atoms with Crippen LogP contribution in [0.15, 0.2) is 60.7 Å². The smallest absolute Gasteiger partial charge is 0.0133 e. The Hall–Kier alpha value is -1.82. The van der Waals surface area contributed by atoms with E-state index in [0.29, 0.717) is 5.92 Å². The second-order valence-corrected chi connectivity index (χ2v) is 6.14. The SMILES string of the molecule is C=C(CCCC1=CC=CC1)c1ccc(/C=C/C(C)C)cc1. The van der Waals surface area contributed by atoms with Crippen LogP contribution in [0, 0.1) is 5.92 Å². The molecular weight excluding hydrogens is 252 g/mol. The Morgan fingerprint density at radius 2 is 2.00 bits per heavy atom. The van der Waals surface area contributed by atoms with Crippen molar-refractivity contribution in [1.29, 1.82) is 0 Å². The summed E-state index contributed by atoms with van der Waals surface area (Å²) in [5.41, 5.74) is 5.34. The topological polar surface area (TPSA) is 0 Å². The van der Waals surface area contributed by atoms with Gasteiger partial charge in [0.1, 0.15) is 0 Å². The van der Waals surface area contributed by atoms with E-state index in [0.717, 1.165) is 12.8 Å². The van der Waals surface area contributed by atoms with Gasteiger partial charge >= 0.3 is 0 Å². The monoisotopic (exact) mass is 278 g/mol. The molecule has 1 aromatic rings. The average Bonchev–Trinajstić information content (AvgIpc) is 2.99. The summed E-state index contributed by atoms with van der Waals surface area (Å²) in [6.45, 7) is 8.63. The van der Waals surface area contributed by atoms with E-state index in [4.69, 9.17) is 0 Å². The molecule has 1 aliphatic carbocycles. The van der Waals surface area contributed by atoms with Gasteiger partial charge in [-0.25, -0.2) is 0 Å². The molecule has 0 heterocycles. The van der Waals surface area contributed by atoms with Crippen molar-refractivity contribution in [2.75, 3.05) is 0 Å². The van der Waals surface area contributed by atoms with Gasteiger partial charge in [0.25, 0.3) is 0 Å². The van der Waals surface area contributed by atoms with Crippen LogP contribution in [0.2, 0.25) is 0 Å². The molecule has 0 fully saturated rings. The van der Waals surface area contributed by atoms with Crippen LogP contribution in [0.1, 0.15) is 50.7 Å². The molecule has 21 heavy (non-hydrogen) atoms. The van der Waals surface area contributed by atoms with Gasteiger partial charge in [-0.2, -0.15) is 0 Å². The van der Waals surface area contributed by atoms with Crippen molar-refractivity contribution in [3.63, 3.8) is 0 Å². The zero-order chi connectivity index (χ0) is 15.1. The van der Waals surface area contributed by atoms with E-state index >= 15 is 0 Å². The molecule has 0 unspecified atom stereocenters. The predicted molar refractivity (Wildman–Crippen MR) is 95.0 cm³/mol. The van der Waals surface area contributed by atoms with Crippen molar-refractivity contribution < 1.29 is 0 Å². The van der Waals surface area contributed by atoms with Gasteiger partial charge in [-0.1, -0.05) is 80.6 Å². The predicted octanol–water partition coefficient (Wildman–Crippen LogP) is 6.43. The molecular formula is C21H26. The highest BCUT2D eigenvalue weighted by molar-refractivity contribution is 5.65. The molecule has 0 saturated carbocycles. The molecule has 110 valence electrons. The second-order valence-electron chi connectivity index (χ2n) is 6.14. The fourth-order valence-electron chi connectivity index (χ4n) is 2.48. The zero-order valence-corrected chi connectivity index (χ0v) is 13.3. The van der Waals surface area contributed by atoms with E-state index < -0.39 is 0 Å². The van der Waals surface area contributed by atoms with Gasteiger partial charge in [0.2, 0.25) is 0 Å². The first kappa shape index (κ1) is 15.6. The van der Waals surface area contributed by atoms with Crippen LogP contribution in [0.4, 0.5) is 0 Å². The standard InChI is InChI=1S/C21H26/c1-17(2)11-12-20-13-15-21(16-14-20)18(3)7-6-10-19-8-4-5-9-19/h4-5,8,11-17H,3,6-7,9-10H2,1-2H3/b12-11+. The first-order valence-corrected chi connectivity index (χ1v) is 7.96. The highest BCUT2D eigenvalue weighted by atomic mass is 14.1. The number of allylic oxidation sites excluding steroid dienone is 6. The van der Waals surface area contributed by atoms with Gasteiger partial charge < -0.3 is 0 Å². The van der Waals surface area contributed by atoms with E-state index in [-0.39, 0.29) is 0 Å². The molecule has 0 aliphatic heterocycles. The quantitative estimate of drug-likeness (QED) is 0.539.